The SMILES string of the molecule is CCCCCCCC/C=C\CCCCCCCC(=O)NC(COP(=O)([O-])OCC[N+](C)(C)C)C(O)CCCCCCCCCCCCCCCCCCCCCCCCCCCC. The summed E-state index contributed by atoms with van der Waals surface area (Å²) in [5.41, 5.74) is 0. The van der Waals surface area contributed by atoms with E-state index in [0.717, 1.165) is 51.4 Å². The van der Waals surface area contributed by atoms with Gasteiger partial charge in [0.05, 0.1) is 39.9 Å². The highest BCUT2D eigenvalue weighted by molar-refractivity contribution is 7.45. The van der Waals surface area contributed by atoms with Gasteiger partial charge in [0.2, 0.25) is 5.91 Å². The van der Waals surface area contributed by atoms with Crippen molar-refractivity contribution in [3.8, 4) is 0 Å². The number of rotatable bonds is 51. The van der Waals surface area contributed by atoms with Gasteiger partial charge in [-0.3, -0.25) is 9.36 Å². The van der Waals surface area contributed by atoms with E-state index in [4.69, 9.17) is 9.05 Å². The Bertz CT molecular complexity index is 1040. The minimum absolute atomic E-state index is 0.0128. The highest BCUT2D eigenvalue weighted by atomic mass is 31.2. The second-order valence-corrected chi connectivity index (χ2v) is 21.7. The molecule has 9 heteroatoms. The highest BCUT2D eigenvalue weighted by Gasteiger charge is 2.24. The van der Waals surface area contributed by atoms with Gasteiger partial charge in [0, 0.05) is 6.42 Å². The molecule has 63 heavy (non-hydrogen) atoms. The summed E-state index contributed by atoms with van der Waals surface area (Å²) >= 11 is 0. The zero-order chi connectivity index (χ0) is 46.4. The number of aliphatic hydroxyl groups is 1. The molecule has 0 fully saturated rings. The van der Waals surface area contributed by atoms with E-state index in [-0.39, 0.29) is 19.1 Å². The molecule has 1 amide bonds. The Balaban J connectivity index is 4.13. The van der Waals surface area contributed by atoms with Crippen LogP contribution in [-0.2, 0) is 18.4 Å². The van der Waals surface area contributed by atoms with Crippen molar-refractivity contribution in [1.82, 2.24) is 5.32 Å². The summed E-state index contributed by atoms with van der Waals surface area (Å²) in [6.07, 6.45) is 55.2. The van der Waals surface area contributed by atoms with Crippen LogP contribution in [0.5, 0.6) is 0 Å². The number of nitrogens with one attached hydrogen (secondary N) is 1. The molecule has 3 atom stereocenters. The van der Waals surface area contributed by atoms with E-state index in [0.29, 0.717) is 23.9 Å². The molecule has 0 aromatic carbocycles. The van der Waals surface area contributed by atoms with Crippen molar-refractivity contribution in [2.24, 2.45) is 0 Å². The Morgan fingerprint density at radius 3 is 1.24 bits per heavy atom. The summed E-state index contributed by atoms with van der Waals surface area (Å²) in [4.78, 5) is 25.4. The zero-order valence-corrected chi connectivity index (χ0v) is 43.7. The van der Waals surface area contributed by atoms with Crippen molar-refractivity contribution >= 4 is 13.7 Å². The average molecular weight is 913 g/mol. The van der Waals surface area contributed by atoms with E-state index in [9.17, 15) is 19.4 Å². The number of phosphoric acid groups is 1. The van der Waals surface area contributed by atoms with E-state index in [2.05, 4.69) is 31.3 Å². The van der Waals surface area contributed by atoms with Crippen LogP contribution in [0.25, 0.3) is 0 Å². The molecule has 0 aromatic rings. The molecule has 0 aliphatic rings. The van der Waals surface area contributed by atoms with E-state index in [1.54, 1.807) is 0 Å². The van der Waals surface area contributed by atoms with Crippen LogP contribution in [-0.4, -0.2) is 68.5 Å². The van der Waals surface area contributed by atoms with Crippen molar-refractivity contribution in [1.29, 1.82) is 0 Å². The van der Waals surface area contributed by atoms with Crippen LogP contribution in [0.3, 0.4) is 0 Å². The van der Waals surface area contributed by atoms with E-state index < -0.39 is 20.0 Å². The maximum absolute atomic E-state index is 12.9. The van der Waals surface area contributed by atoms with Crippen molar-refractivity contribution in [2.75, 3.05) is 40.9 Å². The van der Waals surface area contributed by atoms with Gasteiger partial charge in [0.15, 0.2) is 0 Å². The predicted octanol–water partition coefficient (Wildman–Crippen LogP) is 15.6. The molecule has 0 rings (SSSR count). The van der Waals surface area contributed by atoms with Gasteiger partial charge in [-0.15, -0.1) is 0 Å². The molecule has 0 bridgehead atoms. The third kappa shape index (κ3) is 49.0. The van der Waals surface area contributed by atoms with Crippen molar-refractivity contribution in [3.63, 3.8) is 0 Å². The Morgan fingerprint density at radius 1 is 0.540 bits per heavy atom. The van der Waals surface area contributed by atoms with Crippen LogP contribution in [0, 0.1) is 0 Å². The standard InChI is InChI=1S/C54H109N2O6P/c1-6-8-10-12-14-16-18-20-22-23-24-25-26-27-28-29-30-31-32-34-35-37-39-41-43-45-47-53(57)52(51-62-63(59,60)61-50-49-56(3,4)5)55-54(58)48-46-44-42-40-38-36-33-21-19-17-15-13-11-9-7-2/h21,33,52-53,57H,6-20,22-32,34-51H2,1-5H3,(H-,55,58,59,60)/b33-21-. The molecule has 8 nitrogen and oxygen atoms in total. The van der Waals surface area contributed by atoms with Gasteiger partial charge < -0.3 is 28.8 Å². The topological polar surface area (TPSA) is 108 Å². The quantitative estimate of drug-likeness (QED) is 0.0272. The molecule has 3 unspecified atom stereocenters. The summed E-state index contributed by atoms with van der Waals surface area (Å²) in [6, 6.07) is -0.802. The normalized spacial score (nSPS) is 14.1. The number of carbonyl (C=O) groups is 1. The van der Waals surface area contributed by atoms with E-state index in [1.807, 2.05) is 21.1 Å². The number of nitrogens with zero attached hydrogens (tertiary/aromatic N) is 1. The number of aliphatic hydroxyl groups excluding tert-OH is 1. The molecule has 0 saturated carbocycles. The number of allylic oxidation sites excluding steroid dienone is 2. The number of amides is 1. The van der Waals surface area contributed by atoms with Gasteiger partial charge in [-0.1, -0.05) is 244 Å². The van der Waals surface area contributed by atoms with Crippen molar-refractivity contribution in [2.45, 2.75) is 289 Å². The lowest BCUT2D eigenvalue weighted by molar-refractivity contribution is -0.870. The van der Waals surface area contributed by atoms with Gasteiger partial charge in [0.25, 0.3) is 7.82 Å². The number of likely N-dealkylation sites (N-methyl/N-ethyl adjacent to an activating group) is 1. The Labute approximate surface area is 392 Å². The Kier molecular flexibility index (Phi) is 45.8. The van der Waals surface area contributed by atoms with Crippen LogP contribution >= 0.6 is 7.82 Å². The maximum Gasteiger partial charge on any atom is 0.268 e. The Hall–Kier alpha value is -0.760. The first-order chi connectivity index (χ1) is 30.5. The molecule has 0 saturated heterocycles. The van der Waals surface area contributed by atoms with Gasteiger partial charge in [-0.2, -0.15) is 0 Å². The predicted molar refractivity (Wildman–Crippen MR) is 270 cm³/mol. The zero-order valence-electron chi connectivity index (χ0n) is 42.8. The monoisotopic (exact) mass is 913 g/mol. The molecule has 0 heterocycles. The second-order valence-electron chi connectivity index (χ2n) is 20.3. The highest BCUT2D eigenvalue weighted by Crippen LogP contribution is 2.38. The van der Waals surface area contributed by atoms with E-state index in [1.165, 1.54) is 199 Å². The molecule has 2 N–H and O–H groups in total. The minimum Gasteiger partial charge on any atom is -0.756 e. The number of quaternary nitrogens is 1. The molecular formula is C54H109N2O6P. The van der Waals surface area contributed by atoms with Crippen LogP contribution in [0.15, 0.2) is 12.2 Å². The smallest absolute Gasteiger partial charge is 0.268 e. The average Bonchev–Trinajstić information content (AvgIpc) is 3.24. The van der Waals surface area contributed by atoms with E-state index >= 15 is 0 Å². The lowest BCUT2D eigenvalue weighted by atomic mass is 10.0. The van der Waals surface area contributed by atoms with Gasteiger partial charge in [-0.25, -0.2) is 0 Å². The first-order valence-corrected chi connectivity index (χ1v) is 29.0. The number of phosphoric ester groups is 1. The fourth-order valence-electron chi connectivity index (χ4n) is 8.39. The summed E-state index contributed by atoms with van der Waals surface area (Å²) in [5.74, 6) is -0.169. The van der Waals surface area contributed by atoms with Gasteiger partial charge in [0.1, 0.15) is 13.2 Å². The molecule has 0 aromatic heterocycles. The molecule has 0 aliphatic carbocycles. The largest absolute Gasteiger partial charge is 0.756 e. The fourth-order valence-corrected chi connectivity index (χ4v) is 9.11. The number of hydrogen-bond donors (Lipinski definition) is 2. The fraction of sp³-hybridized carbons (Fsp3) is 0.944. The molecule has 0 spiro atoms. The molecule has 0 aliphatic heterocycles. The van der Waals surface area contributed by atoms with Crippen molar-refractivity contribution in [3.05, 3.63) is 12.2 Å². The second kappa shape index (κ2) is 46.4. The molecule has 376 valence electrons. The van der Waals surface area contributed by atoms with Crippen molar-refractivity contribution < 1.29 is 32.9 Å². The van der Waals surface area contributed by atoms with Crippen LogP contribution in [0.2, 0.25) is 0 Å². The lowest BCUT2D eigenvalue weighted by Crippen LogP contribution is -2.46. The first kappa shape index (κ1) is 62.2. The maximum atomic E-state index is 12.9. The van der Waals surface area contributed by atoms with Gasteiger partial charge >= 0.3 is 0 Å². The summed E-state index contributed by atoms with van der Waals surface area (Å²) in [6.45, 7) is 4.74. The summed E-state index contributed by atoms with van der Waals surface area (Å²) in [5, 5.41) is 14.0. The van der Waals surface area contributed by atoms with Crippen LogP contribution in [0.4, 0.5) is 0 Å². The van der Waals surface area contributed by atoms with Crippen LogP contribution < -0.4 is 10.2 Å². The van der Waals surface area contributed by atoms with Crippen LogP contribution in [0.1, 0.15) is 277 Å². The Morgan fingerprint density at radius 2 is 0.873 bits per heavy atom. The summed E-state index contributed by atoms with van der Waals surface area (Å²) in [7, 11) is 1.31. The summed E-state index contributed by atoms with van der Waals surface area (Å²) < 4.78 is 23.4. The third-order valence-electron chi connectivity index (χ3n) is 12.8. The number of hydrogen-bond acceptors (Lipinski definition) is 6. The molecular weight excluding hydrogens is 804 g/mol. The number of carbonyl (C=O) groups excluding carboxylic acids is 1. The lowest BCUT2D eigenvalue weighted by Gasteiger charge is -2.30. The first-order valence-electron chi connectivity index (χ1n) is 27.5. The minimum atomic E-state index is -4.57. The van der Waals surface area contributed by atoms with Gasteiger partial charge in [-0.05, 0) is 38.5 Å². The third-order valence-corrected chi connectivity index (χ3v) is 13.7. The molecule has 0 radical (unpaired) electrons. The number of unbranched alkanes of at least 4 members (excludes halogenated alkanes) is 36.